The molecule has 0 saturated carbocycles. The van der Waals surface area contributed by atoms with E-state index < -0.39 is 5.97 Å². The molecule has 0 aliphatic rings. The van der Waals surface area contributed by atoms with Crippen LogP contribution in [0.2, 0.25) is 0 Å². The van der Waals surface area contributed by atoms with Crippen LogP contribution in [0.5, 0.6) is 5.75 Å². The molecule has 0 aromatic heterocycles. The van der Waals surface area contributed by atoms with Crippen molar-refractivity contribution in [2.45, 2.75) is 13.5 Å². The van der Waals surface area contributed by atoms with Gasteiger partial charge in [0.1, 0.15) is 12.4 Å². The number of hydrazone groups is 1. The molecule has 27 heavy (non-hydrogen) atoms. The van der Waals surface area contributed by atoms with E-state index in [2.05, 4.69) is 29.6 Å². The summed E-state index contributed by atoms with van der Waals surface area (Å²) in [5.74, 6) is -0.219. The van der Waals surface area contributed by atoms with Gasteiger partial charge < -0.3 is 9.84 Å². The second kappa shape index (κ2) is 8.67. The van der Waals surface area contributed by atoms with E-state index in [-0.39, 0.29) is 5.56 Å². The van der Waals surface area contributed by atoms with Crippen LogP contribution in [0.3, 0.4) is 0 Å². The van der Waals surface area contributed by atoms with E-state index in [1.165, 1.54) is 11.6 Å². The zero-order chi connectivity index (χ0) is 19.1. The average Bonchev–Trinajstić information content (AvgIpc) is 2.69. The van der Waals surface area contributed by atoms with Crippen molar-refractivity contribution in [2.75, 3.05) is 5.43 Å². The molecule has 0 aliphatic heterocycles. The number of hydrogen-bond donors (Lipinski definition) is 2. The molecule has 0 fully saturated rings. The first-order chi connectivity index (χ1) is 13.1. The minimum Gasteiger partial charge on any atom is -0.489 e. The summed E-state index contributed by atoms with van der Waals surface area (Å²) in [6.45, 7) is 2.58. The number of benzene rings is 3. The molecule has 3 aromatic carbocycles. The highest BCUT2D eigenvalue weighted by molar-refractivity contribution is 5.94. The van der Waals surface area contributed by atoms with Gasteiger partial charge in [-0.1, -0.05) is 36.4 Å². The number of rotatable bonds is 7. The SMILES string of the molecule is Cc1ccccc1COc1ccc(/C=N/Nc2ccccc2C(=O)O)cc1. The van der Waals surface area contributed by atoms with E-state index in [0.717, 1.165) is 16.9 Å². The molecule has 0 aliphatic carbocycles. The monoisotopic (exact) mass is 360 g/mol. The van der Waals surface area contributed by atoms with Crippen LogP contribution in [0.4, 0.5) is 5.69 Å². The van der Waals surface area contributed by atoms with Crippen LogP contribution in [-0.4, -0.2) is 17.3 Å². The van der Waals surface area contributed by atoms with Gasteiger partial charge in [-0.3, -0.25) is 5.43 Å². The quantitative estimate of drug-likeness (QED) is 0.472. The minimum absolute atomic E-state index is 0.176. The number of ether oxygens (including phenoxy) is 1. The van der Waals surface area contributed by atoms with Gasteiger partial charge >= 0.3 is 5.97 Å². The molecule has 0 unspecified atom stereocenters. The van der Waals surface area contributed by atoms with Crippen molar-refractivity contribution < 1.29 is 14.6 Å². The Labute approximate surface area is 157 Å². The topological polar surface area (TPSA) is 70.9 Å². The minimum atomic E-state index is -0.997. The molecule has 0 saturated heterocycles. The summed E-state index contributed by atoms with van der Waals surface area (Å²) in [5, 5.41) is 13.3. The van der Waals surface area contributed by atoms with Gasteiger partial charge in [0, 0.05) is 0 Å². The van der Waals surface area contributed by atoms with Crippen molar-refractivity contribution in [1.82, 2.24) is 0 Å². The second-order valence-electron chi connectivity index (χ2n) is 6.00. The van der Waals surface area contributed by atoms with Gasteiger partial charge in [-0.05, 0) is 60.0 Å². The van der Waals surface area contributed by atoms with Gasteiger partial charge in [0.25, 0.3) is 0 Å². The van der Waals surface area contributed by atoms with E-state index in [0.29, 0.717) is 12.3 Å². The summed E-state index contributed by atoms with van der Waals surface area (Å²) in [6, 6.07) is 22.3. The van der Waals surface area contributed by atoms with E-state index >= 15 is 0 Å². The maximum absolute atomic E-state index is 11.2. The number of para-hydroxylation sites is 1. The second-order valence-corrected chi connectivity index (χ2v) is 6.00. The highest BCUT2D eigenvalue weighted by Crippen LogP contribution is 2.16. The first-order valence-corrected chi connectivity index (χ1v) is 8.52. The Morgan fingerprint density at radius 2 is 1.74 bits per heavy atom. The van der Waals surface area contributed by atoms with Gasteiger partial charge in [0.15, 0.2) is 0 Å². The number of hydrogen-bond acceptors (Lipinski definition) is 4. The lowest BCUT2D eigenvalue weighted by atomic mass is 10.1. The van der Waals surface area contributed by atoms with Crippen molar-refractivity contribution in [3.05, 3.63) is 95.1 Å². The normalized spacial score (nSPS) is 10.7. The van der Waals surface area contributed by atoms with Crippen molar-refractivity contribution in [1.29, 1.82) is 0 Å². The number of nitrogens with zero attached hydrogens (tertiary/aromatic N) is 1. The summed E-state index contributed by atoms with van der Waals surface area (Å²) in [5.41, 5.74) is 6.62. The molecule has 5 heteroatoms. The summed E-state index contributed by atoms with van der Waals surface area (Å²) in [6.07, 6.45) is 1.63. The van der Waals surface area contributed by atoms with Gasteiger partial charge in [0.2, 0.25) is 0 Å². The van der Waals surface area contributed by atoms with E-state index in [1.807, 2.05) is 36.4 Å². The number of aryl methyl sites for hydroxylation is 1. The number of carboxylic acids is 1. The van der Waals surface area contributed by atoms with Gasteiger partial charge in [-0.25, -0.2) is 4.79 Å². The highest BCUT2D eigenvalue weighted by atomic mass is 16.5. The summed E-state index contributed by atoms with van der Waals surface area (Å²) in [7, 11) is 0. The zero-order valence-corrected chi connectivity index (χ0v) is 14.9. The van der Waals surface area contributed by atoms with E-state index in [4.69, 9.17) is 9.84 Å². The molecule has 5 nitrogen and oxygen atoms in total. The van der Waals surface area contributed by atoms with Crippen molar-refractivity contribution in [3.8, 4) is 5.75 Å². The van der Waals surface area contributed by atoms with E-state index in [9.17, 15) is 4.79 Å². The Bertz CT molecular complexity index is 950. The van der Waals surface area contributed by atoms with Crippen LogP contribution in [0, 0.1) is 6.92 Å². The summed E-state index contributed by atoms with van der Waals surface area (Å²) < 4.78 is 5.82. The first kappa shape index (κ1) is 18.2. The molecule has 3 rings (SSSR count). The number of aromatic carboxylic acids is 1. The Morgan fingerprint density at radius 1 is 1.04 bits per heavy atom. The van der Waals surface area contributed by atoms with Crippen LogP contribution >= 0.6 is 0 Å². The predicted octanol–water partition coefficient (Wildman–Crippen LogP) is 4.72. The first-order valence-electron chi connectivity index (χ1n) is 8.52. The molecule has 0 radical (unpaired) electrons. The molecular formula is C22H20N2O3. The van der Waals surface area contributed by atoms with Crippen LogP contribution in [-0.2, 0) is 6.61 Å². The highest BCUT2D eigenvalue weighted by Gasteiger charge is 2.07. The summed E-state index contributed by atoms with van der Waals surface area (Å²) in [4.78, 5) is 11.2. The third-order valence-electron chi connectivity index (χ3n) is 4.09. The van der Waals surface area contributed by atoms with Crippen LogP contribution < -0.4 is 10.2 Å². The number of carbonyl (C=O) groups is 1. The standard InChI is InChI=1S/C22H20N2O3/c1-16-6-2-3-7-18(16)15-27-19-12-10-17(11-13-19)14-23-24-21-9-5-4-8-20(21)22(25)26/h2-14,24H,15H2,1H3,(H,25,26)/b23-14+. The molecule has 0 amide bonds. The Kier molecular flexibility index (Phi) is 5.84. The molecule has 3 aromatic rings. The van der Waals surface area contributed by atoms with Crippen molar-refractivity contribution in [2.24, 2.45) is 5.10 Å². The van der Waals surface area contributed by atoms with Crippen LogP contribution in [0.25, 0.3) is 0 Å². The van der Waals surface area contributed by atoms with Gasteiger partial charge in [-0.15, -0.1) is 0 Å². The fourth-order valence-electron chi connectivity index (χ4n) is 2.53. The smallest absolute Gasteiger partial charge is 0.337 e. The lowest BCUT2D eigenvalue weighted by Gasteiger charge is -2.08. The van der Waals surface area contributed by atoms with Gasteiger partial charge in [0.05, 0.1) is 17.5 Å². The maximum Gasteiger partial charge on any atom is 0.337 e. The number of anilines is 1. The Morgan fingerprint density at radius 3 is 2.48 bits per heavy atom. The molecule has 0 heterocycles. The van der Waals surface area contributed by atoms with Crippen LogP contribution in [0.15, 0.2) is 77.9 Å². The maximum atomic E-state index is 11.2. The third-order valence-corrected chi connectivity index (χ3v) is 4.09. The van der Waals surface area contributed by atoms with Crippen molar-refractivity contribution in [3.63, 3.8) is 0 Å². The summed E-state index contributed by atoms with van der Waals surface area (Å²) >= 11 is 0. The number of nitrogens with one attached hydrogen (secondary N) is 1. The lowest BCUT2D eigenvalue weighted by Crippen LogP contribution is -2.02. The molecule has 2 N–H and O–H groups in total. The zero-order valence-electron chi connectivity index (χ0n) is 14.9. The molecule has 0 spiro atoms. The fourth-order valence-corrected chi connectivity index (χ4v) is 2.53. The van der Waals surface area contributed by atoms with Gasteiger partial charge in [-0.2, -0.15) is 5.10 Å². The molecular weight excluding hydrogens is 340 g/mol. The fraction of sp³-hybridized carbons (Fsp3) is 0.0909. The van der Waals surface area contributed by atoms with Crippen molar-refractivity contribution >= 4 is 17.9 Å². The molecule has 0 atom stereocenters. The van der Waals surface area contributed by atoms with Crippen LogP contribution in [0.1, 0.15) is 27.0 Å². The largest absolute Gasteiger partial charge is 0.489 e. The predicted molar refractivity (Wildman–Crippen MR) is 107 cm³/mol. The van der Waals surface area contributed by atoms with E-state index in [1.54, 1.807) is 24.4 Å². The Balaban J connectivity index is 1.58. The lowest BCUT2D eigenvalue weighted by molar-refractivity contribution is 0.0698. The number of carboxylic acid groups (broad SMARTS) is 1. The third kappa shape index (κ3) is 4.95. The average molecular weight is 360 g/mol. The Hall–Kier alpha value is -3.60. The molecule has 136 valence electrons. The molecule has 0 bridgehead atoms.